The molecule has 0 atom stereocenters. The smallest absolute Gasteiger partial charge is 0.267 e. The fraction of sp³-hybridized carbons (Fsp3) is 1.00. The lowest BCUT2D eigenvalue weighted by atomic mass is 10.0. The van der Waals surface area contributed by atoms with Crippen molar-refractivity contribution in [3.05, 3.63) is 0 Å². The maximum absolute atomic E-state index is 12.0. The average Bonchev–Trinajstić information content (AvgIpc) is 2.85. The summed E-state index contributed by atoms with van der Waals surface area (Å²) in [6.45, 7) is 2.43. The Kier molecular flexibility index (Phi) is 34.6. The highest BCUT2D eigenvalue weighted by Crippen LogP contribution is 2.14. The second-order valence-corrected chi connectivity index (χ2v) is 12.2. The Hall–Kier alpha value is -0.200. The fourth-order valence-electron chi connectivity index (χ4n) is 4.33. The van der Waals surface area contributed by atoms with Gasteiger partial charge in [0, 0.05) is 0 Å². The van der Waals surface area contributed by atoms with Crippen molar-refractivity contribution in [2.75, 3.05) is 33.1 Å². The SMILES string of the molecule is CCCCCCCCCCCCCCCCOS(=O)(=O)CCCCCCCCCCCCF.CNC. The second-order valence-electron chi connectivity index (χ2n) is 10.4. The molecule has 0 heterocycles. The van der Waals surface area contributed by atoms with Crippen LogP contribution in [-0.4, -0.2) is 41.5 Å². The normalized spacial score (nSPS) is 11.4. The van der Waals surface area contributed by atoms with Gasteiger partial charge in [-0.15, -0.1) is 0 Å². The van der Waals surface area contributed by atoms with Crippen LogP contribution in [-0.2, 0) is 14.3 Å². The third kappa shape index (κ3) is 36.0. The maximum Gasteiger partial charge on any atom is 0.267 e. The second kappa shape index (κ2) is 32.8. The van der Waals surface area contributed by atoms with Gasteiger partial charge in [0.05, 0.1) is 19.0 Å². The van der Waals surface area contributed by atoms with Crippen LogP contribution in [0.3, 0.4) is 0 Å². The molecule has 0 radical (unpaired) electrons. The molecule has 220 valence electrons. The van der Waals surface area contributed by atoms with Gasteiger partial charge in [0.1, 0.15) is 0 Å². The molecule has 0 rings (SSSR count). The topological polar surface area (TPSA) is 55.4 Å². The maximum atomic E-state index is 12.0. The Morgan fingerprint density at radius 2 is 0.833 bits per heavy atom. The fourth-order valence-corrected chi connectivity index (χ4v) is 5.38. The van der Waals surface area contributed by atoms with Crippen molar-refractivity contribution in [1.82, 2.24) is 5.32 Å². The Balaban J connectivity index is 0. The Morgan fingerprint density at radius 1 is 0.528 bits per heavy atom. The molecule has 4 nitrogen and oxygen atoms in total. The van der Waals surface area contributed by atoms with Gasteiger partial charge in [-0.3, -0.25) is 8.57 Å². The van der Waals surface area contributed by atoms with Crippen LogP contribution in [0.25, 0.3) is 0 Å². The van der Waals surface area contributed by atoms with E-state index in [9.17, 15) is 12.8 Å². The number of halogens is 1. The van der Waals surface area contributed by atoms with Gasteiger partial charge < -0.3 is 5.32 Å². The average molecular weight is 538 g/mol. The van der Waals surface area contributed by atoms with E-state index in [0.717, 1.165) is 38.5 Å². The van der Waals surface area contributed by atoms with Crippen molar-refractivity contribution in [3.63, 3.8) is 0 Å². The molecular formula is C30H64FNO3S. The first kappa shape index (κ1) is 37.9. The summed E-state index contributed by atoms with van der Waals surface area (Å²) >= 11 is 0. The summed E-state index contributed by atoms with van der Waals surface area (Å²) in [5.41, 5.74) is 0. The van der Waals surface area contributed by atoms with Gasteiger partial charge in [-0.25, -0.2) is 0 Å². The molecular weight excluding hydrogens is 473 g/mol. The summed E-state index contributed by atoms with van der Waals surface area (Å²) in [7, 11) is 0.410. The van der Waals surface area contributed by atoms with Crippen molar-refractivity contribution in [1.29, 1.82) is 0 Å². The number of nitrogens with one attached hydrogen (secondary N) is 1. The van der Waals surface area contributed by atoms with Crippen LogP contribution in [0.5, 0.6) is 0 Å². The van der Waals surface area contributed by atoms with Gasteiger partial charge in [0.25, 0.3) is 10.1 Å². The standard InChI is InChI=1S/C28H57FO3S.C2H7N/c1-2-3-4-5-6-7-8-9-10-12-15-18-21-24-27-32-33(30,31)28-25-22-19-16-13-11-14-17-20-23-26-29;1-3-2/h2-28H2,1H3;3H,1-2H3. The monoisotopic (exact) mass is 537 g/mol. The molecule has 0 aliphatic rings. The number of hydrogen-bond donors (Lipinski definition) is 1. The lowest BCUT2D eigenvalue weighted by Gasteiger charge is -2.06. The first-order valence-corrected chi connectivity index (χ1v) is 17.1. The van der Waals surface area contributed by atoms with Crippen LogP contribution >= 0.6 is 0 Å². The lowest BCUT2D eigenvalue weighted by Crippen LogP contribution is -2.11. The predicted octanol–water partition coefficient (Wildman–Crippen LogP) is 9.52. The molecule has 0 saturated heterocycles. The van der Waals surface area contributed by atoms with Crippen molar-refractivity contribution >= 4 is 10.1 Å². The molecule has 0 aliphatic heterocycles. The van der Waals surface area contributed by atoms with E-state index in [2.05, 4.69) is 12.2 Å². The molecule has 1 N–H and O–H groups in total. The zero-order valence-corrected chi connectivity index (χ0v) is 25.4. The van der Waals surface area contributed by atoms with Crippen molar-refractivity contribution in [2.45, 2.75) is 161 Å². The molecule has 0 aromatic rings. The minimum Gasteiger partial charge on any atom is -0.323 e. The molecule has 0 bridgehead atoms. The van der Waals surface area contributed by atoms with Crippen molar-refractivity contribution < 1.29 is 17.0 Å². The highest BCUT2D eigenvalue weighted by atomic mass is 32.2. The van der Waals surface area contributed by atoms with Gasteiger partial charge in [0.15, 0.2) is 0 Å². The molecule has 0 spiro atoms. The van der Waals surface area contributed by atoms with Crippen LogP contribution in [0.1, 0.15) is 161 Å². The van der Waals surface area contributed by atoms with Gasteiger partial charge >= 0.3 is 0 Å². The minimum absolute atomic E-state index is 0.162. The predicted molar refractivity (Wildman–Crippen MR) is 157 cm³/mol. The summed E-state index contributed by atoms with van der Waals surface area (Å²) in [6, 6.07) is 0. The molecule has 0 fully saturated rings. The van der Waals surface area contributed by atoms with Crippen LogP contribution in [0.15, 0.2) is 0 Å². The van der Waals surface area contributed by atoms with E-state index >= 15 is 0 Å². The summed E-state index contributed by atoms with van der Waals surface area (Å²) in [5.74, 6) is 0.162. The van der Waals surface area contributed by atoms with Gasteiger partial charge in [-0.2, -0.15) is 8.42 Å². The van der Waals surface area contributed by atoms with Crippen LogP contribution < -0.4 is 5.32 Å². The molecule has 36 heavy (non-hydrogen) atoms. The molecule has 0 aliphatic carbocycles. The zero-order valence-electron chi connectivity index (χ0n) is 24.6. The lowest BCUT2D eigenvalue weighted by molar-refractivity contribution is 0.305. The Labute approximate surface area is 226 Å². The highest BCUT2D eigenvalue weighted by molar-refractivity contribution is 7.86. The molecule has 0 aromatic carbocycles. The van der Waals surface area contributed by atoms with E-state index < -0.39 is 10.1 Å². The highest BCUT2D eigenvalue weighted by Gasteiger charge is 2.10. The summed E-state index contributed by atoms with van der Waals surface area (Å²) in [4.78, 5) is 0. The summed E-state index contributed by atoms with van der Waals surface area (Å²) < 4.78 is 41.1. The molecule has 0 saturated carbocycles. The van der Waals surface area contributed by atoms with Gasteiger partial charge in [-0.1, -0.05) is 142 Å². The third-order valence-electron chi connectivity index (χ3n) is 6.54. The molecule has 6 heteroatoms. The first-order valence-electron chi connectivity index (χ1n) is 15.6. The summed E-state index contributed by atoms with van der Waals surface area (Å²) in [6.07, 6.45) is 28.6. The zero-order chi connectivity index (χ0) is 27.0. The Bertz CT molecular complexity index is 489. The van der Waals surface area contributed by atoms with E-state index in [-0.39, 0.29) is 12.4 Å². The Morgan fingerprint density at radius 3 is 1.19 bits per heavy atom. The van der Waals surface area contributed by atoms with E-state index in [1.54, 1.807) is 0 Å². The molecule has 0 amide bonds. The van der Waals surface area contributed by atoms with E-state index in [4.69, 9.17) is 4.18 Å². The van der Waals surface area contributed by atoms with Crippen LogP contribution in [0, 0.1) is 0 Å². The van der Waals surface area contributed by atoms with E-state index in [0.29, 0.717) is 19.4 Å². The number of alkyl halides is 1. The van der Waals surface area contributed by atoms with E-state index in [1.165, 1.54) is 103 Å². The van der Waals surface area contributed by atoms with E-state index in [1.807, 2.05) is 14.1 Å². The van der Waals surface area contributed by atoms with Crippen molar-refractivity contribution in [3.8, 4) is 0 Å². The number of rotatable bonds is 28. The third-order valence-corrected chi connectivity index (χ3v) is 7.85. The van der Waals surface area contributed by atoms with Gasteiger partial charge in [-0.05, 0) is 33.4 Å². The largest absolute Gasteiger partial charge is 0.323 e. The quantitative estimate of drug-likeness (QED) is 0.0797. The van der Waals surface area contributed by atoms with Crippen LogP contribution in [0.2, 0.25) is 0 Å². The number of hydrogen-bond acceptors (Lipinski definition) is 4. The minimum atomic E-state index is -3.34. The molecule has 0 unspecified atom stereocenters. The number of unbranched alkanes of at least 4 members (excludes halogenated alkanes) is 22. The van der Waals surface area contributed by atoms with Crippen molar-refractivity contribution in [2.24, 2.45) is 0 Å². The van der Waals surface area contributed by atoms with Crippen LogP contribution in [0.4, 0.5) is 4.39 Å². The summed E-state index contributed by atoms with van der Waals surface area (Å²) in [5, 5.41) is 2.75. The first-order chi connectivity index (χ1) is 17.5. The molecule has 0 aromatic heterocycles. The van der Waals surface area contributed by atoms with Gasteiger partial charge in [0.2, 0.25) is 0 Å².